The molecule has 0 aliphatic rings. The number of carbonyl (C=O) groups excluding carboxylic acids is 1. The van der Waals surface area contributed by atoms with Gasteiger partial charge in [-0.15, -0.1) is 0 Å². The average Bonchev–Trinajstić information content (AvgIpc) is 2.47. The molecule has 1 atom stereocenters. The van der Waals surface area contributed by atoms with Gasteiger partial charge in [0.15, 0.2) is 11.5 Å². The van der Waals surface area contributed by atoms with Crippen LogP contribution in [-0.4, -0.2) is 32.8 Å². The SMILES string of the molecule is CCC(N)Cc1ccc(OC)c(OCCC(=O)OC)c1. The molecule has 0 aromatic heterocycles. The number of hydrogen-bond acceptors (Lipinski definition) is 5. The van der Waals surface area contributed by atoms with E-state index in [0.717, 1.165) is 18.4 Å². The number of methoxy groups -OCH3 is 2. The van der Waals surface area contributed by atoms with Crippen LogP contribution in [0.2, 0.25) is 0 Å². The Morgan fingerprint density at radius 1 is 1.30 bits per heavy atom. The number of nitrogens with two attached hydrogens (primary N) is 1. The summed E-state index contributed by atoms with van der Waals surface area (Å²) in [5.41, 5.74) is 7.04. The Balaban J connectivity index is 2.70. The smallest absolute Gasteiger partial charge is 0.308 e. The number of hydrogen-bond donors (Lipinski definition) is 1. The van der Waals surface area contributed by atoms with Crippen LogP contribution < -0.4 is 15.2 Å². The molecule has 1 aromatic carbocycles. The van der Waals surface area contributed by atoms with Gasteiger partial charge in [0.25, 0.3) is 0 Å². The van der Waals surface area contributed by atoms with Gasteiger partial charge in [-0.05, 0) is 30.5 Å². The number of rotatable bonds is 8. The first kappa shape index (κ1) is 16.3. The second-order valence-electron chi connectivity index (χ2n) is 4.53. The van der Waals surface area contributed by atoms with Crippen molar-refractivity contribution in [1.82, 2.24) is 0 Å². The summed E-state index contributed by atoms with van der Waals surface area (Å²) in [4.78, 5) is 11.1. The molecular formula is C15H23NO4. The summed E-state index contributed by atoms with van der Waals surface area (Å²) in [5.74, 6) is 0.967. The van der Waals surface area contributed by atoms with Crippen molar-refractivity contribution in [3.63, 3.8) is 0 Å². The van der Waals surface area contributed by atoms with E-state index in [4.69, 9.17) is 15.2 Å². The maximum Gasteiger partial charge on any atom is 0.308 e. The Morgan fingerprint density at radius 2 is 2.05 bits per heavy atom. The molecule has 20 heavy (non-hydrogen) atoms. The van der Waals surface area contributed by atoms with E-state index in [1.165, 1.54) is 7.11 Å². The summed E-state index contributed by atoms with van der Waals surface area (Å²) in [6, 6.07) is 5.87. The third-order valence-electron chi connectivity index (χ3n) is 3.04. The van der Waals surface area contributed by atoms with Crippen molar-refractivity contribution in [2.75, 3.05) is 20.8 Å². The monoisotopic (exact) mass is 281 g/mol. The highest BCUT2D eigenvalue weighted by molar-refractivity contribution is 5.69. The lowest BCUT2D eigenvalue weighted by Gasteiger charge is -2.14. The quantitative estimate of drug-likeness (QED) is 0.737. The molecule has 0 aliphatic carbocycles. The Morgan fingerprint density at radius 3 is 2.65 bits per heavy atom. The fourth-order valence-corrected chi connectivity index (χ4v) is 1.75. The molecule has 2 N–H and O–H groups in total. The maximum absolute atomic E-state index is 11.1. The van der Waals surface area contributed by atoms with Gasteiger partial charge in [0.2, 0.25) is 0 Å². The van der Waals surface area contributed by atoms with Crippen LogP contribution >= 0.6 is 0 Å². The molecular weight excluding hydrogens is 258 g/mol. The minimum atomic E-state index is -0.298. The highest BCUT2D eigenvalue weighted by Gasteiger charge is 2.09. The molecule has 5 heteroatoms. The van der Waals surface area contributed by atoms with E-state index in [1.807, 2.05) is 18.2 Å². The van der Waals surface area contributed by atoms with Crippen molar-refractivity contribution in [2.45, 2.75) is 32.2 Å². The summed E-state index contributed by atoms with van der Waals surface area (Å²) in [6.07, 6.45) is 1.91. The van der Waals surface area contributed by atoms with Crippen molar-refractivity contribution in [2.24, 2.45) is 5.73 Å². The number of carbonyl (C=O) groups is 1. The van der Waals surface area contributed by atoms with Crippen molar-refractivity contribution >= 4 is 5.97 Å². The van der Waals surface area contributed by atoms with Gasteiger partial charge < -0.3 is 19.9 Å². The first-order valence-corrected chi connectivity index (χ1v) is 6.72. The summed E-state index contributed by atoms with van der Waals surface area (Å²) in [7, 11) is 2.94. The molecule has 0 bridgehead atoms. The number of benzene rings is 1. The third-order valence-corrected chi connectivity index (χ3v) is 3.04. The molecule has 0 heterocycles. The first-order chi connectivity index (χ1) is 9.60. The maximum atomic E-state index is 11.1. The zero-order chi connectivity index (χ0) is 15.0. The second kappa shape index (κ2) is 8.43. The highest BCUT2D eigenvalue weighted by atomic mass is 16.5. The number of esters is 1. The normalized spacial score (nSPS) is 11.8. The van der Waals surface area contributed by atoms with Crippen molar-refractivity contribution in [1.29, 1.82) is 0 Å². The zero-order valence-electron chi connectivity index (χ0n) is 12.3. The summed E-state index contributed by atoms with van der Waals surface area (Å²) in [5, 5.41) is 0. The van der Waals surface area contributed by atoms with E-state index in [0.29, 0.717) is 11.5 Å². The van der Waals surface area contributed by atoms with Gasteiger partial charge in [-0.1, -0.05) is 13.0 Å². The molecule has 0 radical (unpaired) electrons. The average molecular weight is 281 g/mol. The summed E-state index contributed by atoms with van der Waals surface area (Å²) in [6.45, 7) is 2.31. The van der Waals surface area contributed by atoms with Gasteiger partial charge >= 0.3 is 5.97 Å². The molecule has 0 spiro atoms. The van der Waals surface area contributed by atoms with Crippen LogP contribution in [0.15, 0.2) is 18.2 Å². The van der Waals surface area contributed by atoms with Crippen LogP contribution in [-0.2, 0) is 16.0 Å². The third kappa shape index (κ3) is 5.09. The van der Waals surface area contributed by atoms with Crippen LogP contribution in [0, 0.1) is 0 Å². The Labute approximate surface area is 120 Å². The lowest BCUT2D eigenvalue weighted by molar-refractivity contribution is -0.141. The molecule has 112 valence electrons. The van der Waals surface area contributed by atoms with Crippen LogP contribution in [0.1, 0.15) is 25.3 Å². The minimum absolute atomic E-state index is 0.131. The van der Waals surface area contributed by atoms with E-state index < -0.39 is 0 Å². The Bertz CT molecular complexity index is 434. The van der Waals surface area contributed by atoms with Gasteiger partial charge in [-0.3, -0.25) is 4.79 Å². The first-order valence-electron chi connectivity index (χ1n) is 6.72. The standard InChI is InChI=1S/C15H23NO4/c1-4-12(16)9-11-5-6-13(18-2)14(10-11)20-8-7-15(17)19-3/h5-6,10,12H,4,7-9,16H2,1-3H3. The fourth-order valence-electron chi connectivity index (χ4n) is 1.75. The van der Waals surface area contributed by atoms with Crippen LogP contribution in [0.4, 0.5) is 0 Å². The predicted octanol–water partition coefficient (Wildman–Crippen LogP) is 1.92. The minimum Gasteiger partial charge on any atom is -0.493 e. The molecule has 0 saturated carbocycles. The second-order valence-corrected chi connectivity index (χ2v) is 4.53. The molecule has 5 nitrogen and oxygen atoms in total. The summed E-state index contributed by atoms with van der Waals surface area (Å²) >= 11 is 0. The van der Waals surface area contributed by atoms with Crippen LogP contribution in [0.5, 0.6) is 11.5 Å². The van der Waals surface area contributed by atoms with Crippen molar-refractivity contribution < 1.29 is 19.0 Å². The van der Waals surface area contributed by atoms with E-state index >= 15 is 0 Å². The van der Waals surface area contributed by atoms with E-state index in [-0.39, 0.29) is 25.0 Å². The van der Waals surface area contributed by atoms with Gasteiger partial charge in [-0.2, -0.15) is 0 Å². The van der Waals surface area contributed by atoms with Crippen LogP contribution in [0.25, 0.3) is 0 Å². The zero-order valence-corrected chi connectivity index (χ0v) is 12.3. The summed E-state index contributed by atoms with van der Waals surface area (Å²) < 4.78 is 15.4. The molecule has 1 aromatic rings. The molecule has 0 saturated heterocycles. The molecule has 1 unspecified atom stereocenters. The van der Waals surface area contributed by atoms with Crippen molar-refractivity contribution in [3.8, 4) is 11.5 Å². The lowest BCUT2D eigenvalue weighted by atomic mass is 10.0. The predicted molar refractivity (Wildman–Crippen MR) is 77.1 cm³/mol. The molecule has 0 aliphatic heterocycles. The molecule has 0 fully saturated rings. The van der Waals surface area contributed by atoms with Crippen molar-refractivity contribution in [3.05, 3.63) is 23.8 Å². The van der Waals surface area contributed by atoms with Gasteiger partial charge in [0, 0.05) is 6.04 Å². The molecule has 0 amide bonds. The van der Waals surface area contributed by atoms with Crippen LogP contribution in [0.3, 0.4) is 0 Å². The lowest BCUT2D eigenvalue weighted by Crippen LogP contribution is -2.21. The largest absolute Gasteiger partial charge is 0.493 e. The Kier molecular flexibility index (Phi) is 6.87. The van der Waals surface area contributed by atoms with E-state index in [2.05, 4.69) is 11.7 Å². The van der Waals surface area contributed by atoms with E-state index in [1.54, 1.807) is 7.11 Å². The van der Waals surface area contributed by atoms with E-state index in [9.17, 15) is 4.79 Å². The molecule has 1 rings (SSSR count). The fraction of sp³-hybridized carbons (Fsp3) is 0.533. The van der Waals surface area contributed by atoms with Gasteiger partial charge in [0.05, 0.1) is 27.2 Å². The Hall–Kier alpha value is -1.75. The van der Waals surface area contributed by atoms with Gasteiger partial charge in [0.1, 0.15) is 0 Å². The number of ether oxygens (including phenoxy) is 3. The highest BCUT2D eigenvalue weighted by Crippen LogP contribution is 2.28. The van der Waals surface area contributed by atoms with Gasteiger partial charge in [-0.25, -0.2) is 0 Å². The topological polar surface area (TPSA) is 70.8 Å².